The van der Waals surface area contributed by atoms with Gasteiger partial charge in [-0.25, -0.2) is 4.98 Å². The number of hydrogen-bond acceptors (Lipinski definition) is 6. The molecule has 0 radical (unpaired) electrons. The van der Waals surface area contributed by atoms with E-state index >= 15 is 0 Å². The standard InChI is InChI=1S/C27H30N4O5/c1-18(28-25(32)14-11-19-9-12-20(35-2)13-10-19)27(34)31(16-21-6-5-15-36-21)17-24-29-23-8-4-3-7-22(23)26(33)30-24/h3-4,7-14,18,21H,5-6,15-17H2,1-2H3,(H,28,32)(H,29,30,33). The van der Waals surface area contributed by atoms with Crippen LogP contribution in [0.5, 0.6) is 5.75 Å². The number of nitrogens with zero attached hydrogens (tertiary/aromatic N) is 2. The maximum atomic E-state index is 13.4. The number of methoxy groups -OCH3 is 1. The Morgan fingerprint density at radius 3 is 2.75 bits per heavy atom. The van der Waals surface area contributed by atoms with Crippen molar-refractivity contribution in [3.05, 3.63) is 76.3 Å². The highest BCUT2D eigenvalue weighted by atomic mass is 16.5. The van der Waals surface area contributed by atoms with Crippen LogP contribution in [0.1, 0.15) is 31.2 Å². The summed E-state index contributed by atoms with van der Waals surface area (Å²) in [6.45, 7) is 2.73. The molecule has 1 aromatic heterocycles. The second-order valence-electron chi connectivity index (χ2n) is 8.72. The number of ether oxygens (including phenoxy) is 2. The van der Waals surface area contributed by atoms with Crippen LogP contribution in [-0.4, -0.2) is 59.1 Å². The Kier molecular flexibility index (Phi) is 8.12. The molecule has 1 saturated heterocycles. The fraction of sp³-hybridized carbons (Fsp3) is 0.333. The fourth-order valence-electron chi connectivity index (χ4n) is 4.14. The quantitative estimate of drug-likeness (QED) is 0.446. The lowest BCUT2D eigenvalue weighted by molar-refractivity contribution is -0.137. The summed E-state index contributed by atoms with van der Waals surface area (Å²) in [5, 5.41) is 3.22. The summed E-state index contributed by atoms with van der Waals surface area (Å²) in [5.74, 6) is 0.431. The largest absolute Gasteiger partial charge is 0.497 e. The second-order valence-corrected chi connectivity index (χ2v) is 8.72. The molecule has 0 aliphatic carbocycles. The minimum Gasteiger partial charge on any atom is -0.497 e. The SMILES string of the molecule is COc1ccc(C=CC(=O)NC(C)C(=O)N(Cc2nc3ccccc3c(=O)[nH]2)CC2CCCO2)cc1. The van der Waals surface area contributed by atoms with Gasteiger partial charge in [-0.15, -0.1) is 0 Å². The zero-order chi connectivity index (χ0) is 25.5. The van der Waals surface area contributed by atoms with Crippen LogP contribution in [0.3, 0.4) is 0 Å². The average Bonchev–Trinajstić information content (AvgIpc) is 3.40. The first-order valence-electron chi connectivity index (χ1n) is 11.9. The topological polar surface area (TPSA) is 114 Å². The summed E-state index contributed by atoms with van der Waals surface area (Å²) in [4.78, 5) is 47.3. The molecule has 3 aromatic rings. The Balaban J connectivity index is 1.45. The summed E-state index contributed by atoms with van der Waals surface area (Å²) in [6, 6.07) is 13.5. The lowest BCUT2D eigenvalue weighted by atomic mass is 10.2. The van der Waals surface area contributed by atoms with Crippen LogP contribution in [0.15, 0.2) is 59.4 Å². The number of fused-ring (bicyclic) bond motifs is 1. The summed E-state index contributed by atoms with van der Waals surface area (Å²) < 4.78 is 10.9. The number of aromatic amines is 1. The van der Waals surface area contributed by atoms with Crippen molar-refractivity contribution < 1.29 is 19.1 Å². The van der Waals surface area contributed by atoms with Gasteiger partial charge in [0.25, 0.3) is 5.56 Å². The highest BCUT2D eigenvalue weighted by molar-refractivity contribution is 5.95. The molecule has 9 nitrogen and oxygen atoms in total. The minimum atomic E-state index is -0.786. The van der Waals surface area contributed by atoms with Crippen molar-refractivity contribution in [2.45, 2.75) is 38.5 Å². The number of amides is 2. The number of nitrogens with one attached hydrogen (secondary N) is 2. The van der Waals surface area contributed by atoms with Gasteiger partial charge < -0.3 is 24.7 Å². The molecule has 2 unspecified atom stereocenters. The van der Waals surface area contributed by atoms with Gasteiger partial charge in [0.2, 0.25) is 11.8 Å². The molecule has 0 bridgehead atoms. The van der Waals surface area contributed by atoms with Crippen molar-refractivity contribution in [1.29, 1.82) is 0 Å². The molecule has 9 heteroatoms. The molecule has 188 valence electrons. The van der Waals surface area contributed by atoms with Gasteiger partial charge in [-0.3, -0.25) is 14.4 Å². The fourth-order valence-corrected chi connectivity index (χ4v) is 4.14. The number of para-hydroxylation sites is 1. The first-order valence-corrected chi connectivity index (χ1v) is 11.9. The van der Waals surface area contributed by atoms with Crippen LogP contribution in [0.25, 0.3) is 17.0 Å². The summed E-state index contributed by atoms with van der Waals surface area (Å²) in [6.07, 6.45) is 4.73. The first kappa shape index (κ1) is 25.1. The van der Waals surface area contributed by atoms with E-state index in [9.17, 15) is 14.4 Å². The van der Waals surface area contributed by atoms with Crippen molar-refractivity contribution >= 4 is 28.8 Å². The number of benzene rings is 2. The van der Waals surface area contributed by atoms with Crippen molar-refractivity contribution in [1.82, 2.24) is 20.2 Å². The van der Waals surface area contributed by atoms with Crippen molar-refractivity contribution in [2.75, 3.05) is 20.3 Å². The Bertz CT molecular complexity index is 1300. The van der Waals surface area contributed by atoms with Gasteiger partial charge in [-0.05, 0) is 55.7 Å². The third-order valence-electron chi connectivity index (χ3n) is 6.03. The number of aromatic nitrogens is 2. The van der Waals surface area contributed by atoms with E-state index in [0.717, 1.165) is 24.2 Å². The summed E-state index contributed by atoms with van der Waals surface area (Å²) >= 11 is 0. The monoisotopic (exact) mass is 490 g/mol. The number of carbonyl (C=O) groups excluding carboxylic acids is 2. The van der Waals surface area contributed by atoms with Gasteiger partial charge in [0.15, 0.2) is 0 Å². The van der Waals surface area contributed by atoms with Crippen LogP contribution >= 0.6 is 0 Å². The molecular formula is C27H30N4O5. The van der Waals surface area contributed by atoms with E-state index in [-0.39, 0.29) is 30.0 Å². The number of carbonyl (C=O) groups is 2. The molecule has 36 heavy (non-hydrogen) atoms. The lowest BCUT2D eigenvalue weighted by Gasteiger charge is -2.28. The molecule has 1 aliphatic rings. The second kappa shape index (κ2) is 11.6. The van der Waals surface area contributed by atoms with E-state index < -0.39 is 6.04 Å². The van der Waals surface area contributed by atoms with E-state index in [4.69, 9.17) is 9.47 Å². The smallest absolute Gasteiger partial charge is 0.258 e. The average molecular weight is 491 g/mol. The zero-order valence-electron chi connectivity index (χ0n) is 20.4. The Morgan fingerprint density at radius 1 is 1.25 bits per heavy atom. The van der Waals surface area contributed by atoms with Gasteiger partial charge in [-0.2, -0.15) is 0 Å². The maximum Gasteiger partial charge on any atom is 0.258 e. The molecule has 0 spiro atoms. The minimum absolute atomic E-state index is 0.0979. The van der Waals surface area contributed by atoms with Crippen molar-refractivity contribution in [2.24, 2.45) is 0 Å². The Labute approximate surface area is 209 Å². The van der Waals surface area contributed by atoms with Crippen LogP contribution < -0.4 is 15.6 Å². The third-order valence-corrected chi connectivity index (χ3v) is 6.03. The number of hydrogen-bond donors (Lipinski definition) is 2. The summed E-state index contributed by atoms with van der Waals surface area (Å²) in [7, 11) is 1.59. The number of rotatable bonds is 9. The molecule has 0 saturated carbocycles. The normalized spacial score (nSPS) is 16.2. The third kappa shape index (κ3) is 6.37. The molecule has 2 aromatic carbocycles. The molecule has 4 rings (SSSR count). The molecule has 2 atom stereocenters. The molecule has 1 aliphatic heterocycles. The van der Waals surface area contributed by atoms with Crippen molar-refractivity contribution in [3.8, 4) is 5.75 Å². The maximum absolute atomic E-state index is 13.4. The zero-order valence-corrected chi connectivity index (χ0v) is 20.4. The first-order chi connectivity index (χ1) is 17.4. The van der Waals surface area contributed by atoms with Gasteiger partial charge in [0, 0.05) is 19.2 Å². The van der Waals surface area contributed by atoms with Crippen molar-refractivity contribution in [3.63, 3.8) is 0 Å². The van der Waals surface area contributed by atoms with E-state index in [1.54, 1.807) is 55.3 Å². The van der Waals surface area contributed by atoms with E-state index in [0.29, 0.717) is 29.9 Å². The van der Waals surface area contributed by atoms with Crippen LogP contribution in [-0.2, 0) is 20.9 Å². The van der Waals surface area contributed by atoms with Gasteiger partial charge in [-0.1, -0.05) is 24.3 Å². The van der Waals surface area contributed by atoms with E-state index in [2.05, 4.69) is 15.3 Å². The molecular weight excluding hydrogens is 460 g/mol. The van der Waals surface area contributed by atoms with Crippen LogP contribution in [0.2, 0.25) is 0 Å². The highest BCUT2D eigenvalue weighted by Gasteiger charge is 2.27. The Morgan fingerprint density at radius 2 is 2.03 bits per heavy atom. The summed E-state index contributed by atoms with van der Waals surface area (Å²) in [5.41, 5.74) is 1.13. The molecule has 2 heterocycles. The van der Waals surface area contributed by atoms with Crippen LogP contribution in [0.4, 0.5) is 0 Å². The van der Waals surface area contributed by atoms with Gasteiger partial charge in [0.1, 0.15) is 17.6 Å². The van der Waals surface area contributed by atoms with Crippen LogP contribution in [0, 0.1) is 0 Å². The molecule has 1 fully saturated rings. The lowest BCUT2D eigenvalue weighted by Crippen LogP contribution is -2.48. The van der Waals surface area contributed by atoms with Gasteiger partial charge >= 0.3 is 0 Å². The highest BCUT2D eigenvalue weighted by Crippen LogP contribution is 2.16. The predicted molar refractivity (Wildman–Crippen MR) is 136 cm³/mol. The van der Waals surface area contributed by atoms with E-state index in [1.165, 1.54) is 6.08 Å². The molecule has 2 amide bonds. The predicted octanol–water partition coefficient (Wildman–Crippen LogP) is 2.66. The van der Waals surface area contributed by atoms with E-state index in [1.807, 2.05) is 18.2 Å². The van der Waals surface area contributed by atoms with Gasteiger partial charge in [0.05, 0.1) is 30.7 Å². The molecule has 2 N–H and O–H groups in total. The Hall–Kier alpha value is -3.98. The number of H-pyrrole nitrogens is 1.